The minimum atomic E-state index is -1.32. The molecule has 1 aromatic carbocycles. The summed E-state index contributed by atoms with van der Waals surface area (Å²) in [6, 6.07) is 2.52. The van der Waals surface area contributed by atoms with Gasteiger partial charge in [0.25, 0.3) is 0 Å². The van der Waals surface area contributed by atoms with Gasteiger partial charge in [0.05, 0.1) is 23.4 Å². The van der Waals surface area contributed by atoms with Crippen LogP contribution in [0.3, 0.4) is 0 Å². The summed E-state index contributed by atoms with van der Waals surface area (Å²) in [6.07, 6.45) is 0. The summed E-state index contributed by atoms with van der Waals surface area (Å²) in [5.41, 5.74) is -0.920. The molecule has 0 atom stereocenters. The zero-order valence-corrected chi connectivity index (χ0v) is 11.5. The highest BCUT2D eigenvalue weighted by atomic mass is 19.1. The number of carbonyl (C=O) groups is 2. The monoisotopic (exact) mass is 284 g/mol. The number of hydrogen-bond donors (Lipinski definition) is 3. The molecule has 0 radical (unpaired) electrons. The SMILES string of the molecule is COCC(C)(C)NC(=O)Nc1ccc(F)cc1C(=O)O. The Morgan fingerprint density at radius 2 is 2.05 bits per heavy atom. The average molecular weight is 284 g/mol. The summed E-state index contributed by atoms with van der Waals surface area (Å²) in [5.74, 6) is -2.01. The number of hydrogen-bond acceptors (Lipinski definition) is 3. The highest BCUT2D eigenvalue weighted by molar-refractivity contribution is 6.00. The van der Waals surface area contributed by atoms with E-state index in [0.717, 1.165) is 12.1 Å². The lowest BCUT2D eigenvalue weighted by molar-refractivity contribution is 0.0697. The fraction of sp³-hybridized carbons (Fsp3) is 0.385. The molecule has 0 saturated carbocycles. The van der Waals surface area contributed by atoms with Crippen LogP contribution in [0.15, 0.2) is 18.2 Å². The fourth-order valence-corrected chi connectivity index (χ4v) is 1.66. The average Bonchev–Trinajstić information content (AvgIpc) is 2.30. The quantitative estimate of drug-likeness (QED) is 0.772. The van der Waals surface area contributed by atoms with Gasteiger partial charge in [-0.25, -0.2) is 14.0 Å². The van der Waals surface area contributed by atoms with Crippen molar-refractivity contribution in [1.29, 1.82) is 0 Å². The van der Waals surface area contributed by atoms with Crippen LogP contribution in [0, 0.1) is 5.82 Å². The molecule has 0 unspecified atom stereocenters. The number of aromatic carboxylic acids is 1. The van der Waals surface area contributed by atoms with Crippen molar-refractivity contribution in [1.82, 2.24) is 5.32 Å². The van der Waals surface area contributed by atoms with E-state index in [-0.39, 0.29) is 17.9 Å². The number of urea groups is 1. The third-order valence-corrected chi connectivity index (χ3v) is 2.42. The van der Waals surface area contributed by atoms with Crippen LogP contribution in [-0.4, -0.2) is 36.4 Å². The lowest BCUT2D eigenvalue weighted by Crippen LogP contribution is -2.48. The van der Waals surface area contributed by atoms with E-state index in [1.807, 2.05) is 0 Å². The third kappa shape index (κ3) is 4.51. The maximum absolute atomic E-state index is 13.0. The van der Waals surface area contributed by atoms with Crippen LogP contribution in [-0.2, 0) is 4.74 Å². The molecule has 0 heterocycles. The largest absolute Gasteiger partial charge is 0.478 e. The minimum absolute atomic E-state index is 0.0182. The normalized spacial score (nSPS) is 11.0. The van der Waals surface area contributed by atoms with Gasteiger partial charge in [-0.05, 0) is 32.0 Å². The topological polar surface area (TPSA) is 87.7 Å². The van der Waals surface area contributed by atoms with Gasteiger partial charge in [-0.3, -0.25) is 0 Å². The van der Waals surface area contributed by atoms with Crippen LogP contribution < -0.4 is 10.6 Å². The number of rotatable bonds is 5. The van der Waals surface area contributed by atoms with Crippen molar-refractivity contribution in [2.24, 2.45) is 0 Å². The molecule has 2 amide bonds. The molecule has 0 bridgehead atoms. The van der Waals surface area contributed by atoms with Gasteiger partial charge in [-0.2, -0.15) is 0 Å². The number of halogens is 1. The highest BCUT2D eigenvalue weighted by Crippen LogP contribution is 2.17. The summed E-state index contributed by atoms with van der Waals surface area (Å²) in [4.78, 5) is 22.8. The van der Waals surface area contributed by atoms with Gasteiger partial charge >= 0.3 is 12.0 Å². The van der Waals surface area contributed by atoms with Crippen LogP contribution in [0.2, 0.25) is 0 Å². The first-order valence-electron chi connectivity index (χ1n) is 5.86. The third-order valence-electron chi connectivity index (χ3n) is 2.42. The number of carboxylic acid groups (broad SMARTS) is 1. The van der Waals surface area contributed by atoms with E-state index in [0.29, 0.717) is 0 Å². The second-order valence-electron chi connectivity index (χ2n) is 4.89. The van der Waals surface area contributed by atoms with E-state index in [1.165, 1.54) is 13.2 Å². The fourth-order valence-electron chi connectivity index (χ4n) is 1.66. The van der Waals surface area contributed by atoms with Crippen molar-refractivity contribution in [2.75, 3.05) is 19.0 Å². The minimum Gasteiger partial charge on any atom is -0.478 e. The zero-order valence-electron chi connectivity index (χ0n) is 11.5. The number of benzene rings is 1. The van der Waals surface area contributed by atoms with E-state index in [9.17, 15) is 14.0 Å². The number of anilines is 1. The van der Waals surface area contributed by atoms with Crippen LogP contribution in [0.4, 0.5) is 14.9 Å². The maximum Gasteiger partial charge on any atom is 0.337 e. The molecule has 0 aromatic heterocycles. The number of methoxy groups -OCH3 is 1. The smallest absolute Gasteiger partial charge is 0.337 e. The second-order valence-corrected chi connectivity index (χ2v) is 4.89. The molecule has 0 aliphatic heterocycles. The first-order valence-corrected chi connectivity index (χ1v) is 5.86. The molecule has 0 fully saturated rings. The lowest BCUT2D eigenvalue weighted by atomic mass is 10.1. The first-order chi connectivity index (χ1) is 9.25. The van der Waals surface area contributed by atoms with E-state index in [2.05, 4.69) is 10.6 Å². The van der Waals surface area contributed by atoms with E-state index in [1.54, 1.807) is 13.8 Å². The molecule has 1 aromatic rings. The Morgan fingerprint density at radius 3 is 2.60 bits per heavy atom. The van der Waals surface area contributed by atoms with Crippen LogP contribution in [0.25, 0.3) is 0 Å². The standard InChI is InChI=1S/C13H17FN2O4/c1-13(2,7-20-3)16-12(19)15-10-5-4-8(14)6-9(10)11(17)18/h4-6H,7H2,1-3H3,(H,17,18)(H2,15,16,19). The lowest BCUT2D eigenvalue weighted by Gasteiger charge is -2.25. The number of carboxylic acids is 1. The molecule has 20 heavy (non-hydrogen) atoms. The van der Waals surface area contributed by atoms with Crippen molar-refractivity contribution in [3.05, 3.63) is 29.6 Å². The molecule has 110 valence electrons. The van der Waals surface area contributed by atoms with Gasteiger partial charge in [-0.1, -0.05) is 0 Å². The number of amides is 2. The van der Waals surface area contributed by atoms with Gasteiger partial charge in [0.2, 0.25) is 0 Å². The molecule has 6 nitrogen and oxygen atoms in total. The molecular weight excluding hydrogens is 267 g/mol. The van der Waals surface area contributed by atoms with Gasteiger partial charge < -0.3 is 20.5 Å². The summed E-state index contributed by atoms with van der Waals surface area (Å²) in [5, 5.41) is 14.0. The van der Waals surface area contributed by atoms with Gasteiger partial charge in [-0.15, -0.1) is 0 Å². The van der Waals surface area contributed by atoms with Crippen LogP contribution in [0.1, 0.15) is 24.2 Å². The van der Waals surface area contributed by atoms with Gasteiger partial charge in [0.1, 0.15) is 5.82 Å². The number of nitrogens with one attached hydrogen (secondary N) is 2. The molecular formula is C13H17FN2O4. The van der Waals surface area contributed by atoms with Crippen LogP contribution >= 0.6 is 0 Å². The Balaban J connectivity index is 2.83. The van der Waals surface area contributed by atoms with Crippen molar-refractivity contribution in [2.45, 2.75) is 19.4 Å². The van der Waals surface area contributed by atoms with E-state index < -0.39 is 23.4 Å². The number of carbonyl (C=O) groups excluding carboxylic acids is 1. The first kappa shape index (κ1) is 15.9. The zero-order chi connectivity index (χ0) is 15.3. The molecule has 3 N–H and O–H groups in total. The summed E-state index contributed by atoms with van der Waals surface area (Å²) >= 11 is 0. The Kier molecular flexibility index (Phi) is 5.04. The predicted molar refractivity (Wildman–Crippen MR) is 71.5 cm³/mol. The Morgan fingerprint density at radius 1 is 1.40 bits per heavy atom. The van der Waals surface area contributed by atoms with Gasteiger partial charge in [0.15, 0.2) is 0 Å². The number of ether oxygens (including phenoxy) is 1. The summed E-state index contributed by atoms with van der Waals surface area (Å²) < 4.78 is 18.0. The van der Waals surface area contributed by atoms with Crippen molar-refractivity contribution >= 4 is 17.7 Å². The molecule has 0 aliphatic carbocycles. The molecule has 0 aliphatic rings. The van der Waals surface area contributed by atoms with E-state index in [4.69, 9.17) is 9.84 Å². The maximum atomic E-state index is 13.0. The second kappa shape index (κ2) is 6.33. The summed E-state index contributed by atoms with van der Waals surface area (Å²) in [6.45, 7) is 3.79. The molecule has 1 rings (SSSR count). The molecule has 7 heteroatoms. The molecule has 0 spiro atoms. The van der Waals surface area contributed by atoms with E-state index >= 15 is 0 Å². The molecule has 0 saturated heterocycles. The Hall–Kier alpha value is -2.15. The summed E-state index contributed by atoms with van der Waals surface area (Å²) in [7, 11) is 1.50. The van der Waals surface area contributed by atoms with Crippen molar-refractivity contribution in [3.8, 4) is 0 Å². The Labute approximate surface area is 115 Å². The highest BCUT2D eigenvalue weighted by Gasteiger charge is 2.21. The van der Waals surface area contributed by atoms with Gasteiger partial charge in [0, 0.05) is 7.11 Å². The van der Waals surface area contributed by atoms with Crippen LogP contribution in [0.5, 0.6) is 0 Å². The van der Waals surface area contributed by atoms with Crippen molar-refractivity contribution < 1.29 is 23.8 Å². The van der Waals surface area contributed by atoms with Crippen molar-refractivity contribution in [3.63, 3.8) is 0 Å². The Bertz CT molecular complexity index is 517. The predicted octanol–water partition coefficient (Wildman–Crippen LogP) is 2.07.